The molecule has 0 aromatic heterocycles. The predicted molar refractivity (Wildman–Crippen MR) is 49.2 cm³/mol. The summed E-state index contributed by atoms with van der Waals surface area (Å²) in [5.74, 6) is -0.722. The van der Waals surface area contributed by atoms with Crippen molar-refractivity contribution >= 4 is 11.9 Å². The van der Waals surface area contributed by atoms with Gasteiger partial charge in [0.25, 0.3) is 0 Å². The standard InChI is InChI=1S/C9H17NO3/c1-9(2,3)13-8(12)6-7(11)10(4)5/h6H2,1-5H3. The summed E-state index contributed by atoms with van der Waals surface area (Å²) >= 11 is 0. The first kappa shape index (κ1) is 11.9. The molecular weight excluding hydrogens is 170 g/mol. The first-order chi connectivity index (χ1) is 5.72. The van der Waals surface area contributed by atoms with Crippen molar-refractivity contribution in [2.75, 3.05) is 14.1 Å². The molecule has 0 saturated carbocycles. The lowest BCUT2D eigenvalue weighted by molar-refractivity contribution is -0.157. The fraction of sp³-hybridized carbons (Fsp3) is 0.778. The van der Waals surface area contributed by atoms with Crippen LogP contribution in [0.2, 0.25) is 0 Å². The van der Waals surface area contributed by atoms with Gasteiger partial charge in [0.05, 0.1) is 0 Å². The molecule has 0 radical (unpaired) electrons. The number of hydrogen-bond donors (Lipinski definition) is 0. The van der Waals surface area contributed by atoms with Crippen molar-refractivity contribution in [2.45, 2.75) is 32.8 Å². The first-order valence-corrected chi connectivity index (χ1v) is 4.14. The van der Waals surface area contributed by atoms with Crippen LogP contribution >= 0.6 is 0 Å². The Hall–Kier alpha value is -1.06. The van der Waals surface area contributed by atoms with Crippen molar-refractivity contribution in [3.63, 3.8) is 0 Å². The van der Waals surface area contributed by atoms with Crippen molar-refractivity contribution in [1.82, 2.24) is 4.90 Å². The number of rotatable bonds is 2. The Morgan fingerprint density at radius 1 is 1.23 bits per heavy atom. The maximum absolute atomic E-state index is 11.1. The number of ether oxygens (including phenoxy) is 1. The fourth-order valence-electron chi connectivity index (χ4n) is 0.659. The maximum Gasteiger partial charge on any atom is 0.315 e. The van der Waals surface area contributed by atoms with Crippen molar-refractivity contribution in [1.29, 1.82) is 0 Å². The zero-order valence-electron chi connectivity index (χ0n) is 8.88. The van der Waals surface area contributed by atoms with Gasteiger partial charge in [-0.3, -0.25) is 9.59 Å². The van der Waals surface area contributed by atoms with Gasteiger partial charge >= 0.3 is 5.97 Å². The predicted octanol–water partition coefficient (Wildman–Crippen LogP) is 0.806. The van der Waals surface area contributed by atoms with Crippen molar-refractivity contribution in [2.24, 2.45) is 0 Å². The highest BCUT2D eigenvalue weighted by Crippen LogP contribution is 2.08. The Kier molecular flexibility index (Phi) is 3.91. The van der Waals surface area contributed by atoms with Gasteiger partial charge in [-0.25, -0.2) is 0 Å². The molecule has 0 heterocycles. The van der Waals surface area contributed by atoms with Crippen LogP contribution in [0.25, 0.3) is 0 Å². The van der Waals surface area contributed by atoms with E-state index in [0.29, 0.717) is 0 Å². The van der Waals surface area contributed by atoms with Crippen molar-refractivity contribution in [3.8, 4) is 0 Å². The van der Waals surface area contributed by atoms with Crippen LogP contribution < -0.4 is 0 Å². The average Bonchev–Trinajstić information content (AvgIpc) is 1.81. The molecule has 4 nitrogen and oxygen atoms in total. The van der Waals surface area contributed by atoms with Crippen LogP contribution in [0.15, 0.2) is 0 Å². The number of carbonyl (C=O) groups is 2. The zero-order valence-corrected chi connectivity index (χ0v) is 8.88. The van der Waals surface area contributed by atoms with E-state index in [-0.39, 0.29) is 12.3 Å². The van der Waals surface area contributed by atoms with E-state index in [4.69, 9.17) is 4.74 Å². The molecule has 4 heteroatoms. The molecule has 0 aromatic rings. The number of amides is 1. The Morgan fingerprint density at radius 3 is 2.00 bits per heavy atom. The Bertz CT molecular complexity index is 203. The number of esters is 1. The highest BCUT2D eigenvalue weighted by molar-refractivity contribution is 5.94. The highest BCUT2D eigenvalue weighted by Gasteiger charge is 2.19. The summed E-state index contributed by atoms with van der Waals surface area (Å²) in [5, 5.41) is 0. The second-order valence-electron chi connectivity index (χ2n) is 4.05. The molecular formula is C9H17NO3. The second-order valence-corrected chi connectivity index (χ2v) is 4.05. The summed E-state index contributed by atoms with van der Waals surface area (Å²) in [6, 6.07) is 0. The molecule has 0 unspecified atom stereocenters. The Labute approximate surface area is 78.9 Å². The molecule has 0 atom stereocenters. The van der Waals surface area contributed by atoms with E-state index in [2.05, 4.69) is 0 Å². The number of hydrogen-bond acceptors (Lipinski definition) is 3. The van der Waals surface area contributed by atoms with Crippen LogP contribution in [0, 0.1) is 0 Å². The topological polar surface area (TPSA) is 46.6 Å². The quantitative estimate of drug-likeness (QED) is 0.474. The molecule has 76 valence electrons. The van der Waals surface area contributed by atoms with E-state index >= 15 is 0 Å². The lowest BCUT2D eigenvalue weighted by atomic mass is 10.2. The van der Waals surface area contributed by atoms with Gasteiger partial charge in [0.2, 0.25) is 5.91 Å². The number of carbonyl (C=O) groups excluding carboxylic acids is 2. The summed E-state index contributed by atoms with van der Waals surface area (Å²) in [7, 11) is 3.21. The van der Waals surface area contributed by atoms with Crippen molar-refractivity contribution in [3.05, 3.63) is 0 Å². The third-order valence-electron chi connectivity index (χ3n) is 1.21. The molecule has 0 saturated heterocycles. The zero-order chi connectivity index (χ0) is 10.6. The van der Waals surface area contributed by atoms with E-state index in [1.807, 2.05) is 0 Å². The van der Waals surface area contributed by atoms with Gasteiger partial charge in [0.1, 0.15) is 12.0 Å². The smallest absolute Gasteiger partial charge is 0.315 e. The minimum atomic E-state index is -0.524. The van der Waals surface area contributed by atoms with Crippen LogP contribution in [-0.4, -0.2) is 36.5 Å². The first-order valence-electron chi connectivity index (χ1n) is 4.14. The van der Waals surface area contributed by atoms with E-state index in [0.717, 1.165) is 0 Å². The van der Waals surface area contributed by atoms with Gasteiger partial charge in [0, 0.05) is 14.1 Å². The van der Waals surface area contributed by atoms with E-state index in [1.165, 1.54) is 4.90 Å². The van der Waals surface area contributed by atoms with Crippen molar-refractivity contribution < 1.29 is 14.3 Å². The Balaban J connectivity index is 3.96. The lowest BCUT2D eigenvalue weighted by Crippen LogP contribution is -2.29. The van der Waals surface area contributed by atoms with Gasteiger partial charge < -0.3 is 9.64 Å². The molecule has 0 aliphatic heterocycles. The average molecular weight is 187 g/mol. The van der Waals surface area contributed by atoms with Crippen LogP contribution in [0.3, 0.4) is 0 Å². The normalized spacial score (nSPS) is 10.8. The molecule has 0 aliphatic rings. The molecule has 0 aromatic carbocycles. The molecule has 0 rings (SSSR count). The molecule has 13 heavy (non-hydrogen) atoms. The molecule has 0 aliphatic carbocycles. The van der Waals surface area contributed by atoms with Gasteiger partial charge in [-0.05, 0) is 20.8 Å². The van der Waals surface area contributed by atoms with Crippen LogP contribution in [0.4, 0.5) is 0 Å². The fourth-order valence-corrected chi connectivity index (χ4v) is 0.659. The van der Waals surface area contributed by atoms with Gasteiger partial charge in [0.15, 0.2) is 0 Å². The summed E-state index contributed by atoms with van der Waals surface area (Å²) in [6.07, 6.45) is -0.190. The lowest BCUT2D eigenvalue weighted by Gasteiger charge is -2.19. The largest absolute Gasteiger partial charge is 0.460 e. The summed E-state index contributed by atoms with van der Waals surface area (Å²) in [4.78, 5) is 23.5. The second kappa shape index (κ2) is 4.25. The van der Waals surface area contributed by atoms with Crippen LogP contribution in [0.5, 0.6) is 0 Å². The van der Waals surface area contributed by atoms with Crippen LogP contribution in [0.1, 0.15) is 27.2 Å². The molecule has 0 N–H and O–H groups in total. The third-order valence-corrected chi connectivity index (χ3v) is 1.21. The minimum Gasteiger partial charge on any atom is -0.460 e. The summed E-state index contributed by atoms with van der Waals surface area (Å²) in [5.41, 5.74) is -0.524. The summed E-state index contributed by atoms with van der Waals surface area (Å²) < 4.78 is 4.97. The van der Waals surface area contributed by atoms with Gasteiger partial charge in [-0.2, -0.15) is 0 Å². The highest BCUT2D eigenvalue weighted by atomic mass is 16.6. The Morgan fingerprint density at radius 2 is 1.69 bits per heavy atom. The van der Waals surface area contributed by atoms with Gasteiger partial charge in [-0.15, -0.1) is 0 Å². The third kappa shape index (κ3) is 6.13. The monoisotopic (exact) mass is 187 g/mol. The van der Waals surface area contributed by atoms with E-state index < -0.39 is 11.6 Å². The minimum absolute atomic E-state index is 0.190. The van der Waals surface area contributed by atoms with Gasteiger partial charge in [-0.1, -0.05) is 0 Å². The maximum atomic E-state index is 11.1. The molecule has 1 amide bonds. The molecule has 0 bridgehead atoms. The summed E-state index contributed by atoms with van der Waals surface area (Å²) in [6.45, 7) is 5.31. The van der Waals surface area contributed by atoms with E-state index in [9.17, 15) is 9.59 Å². The molecule has 0 fully saturated rings. The van der Waals surface area contributed by atoms with E-state index in [1.54, 1.807) is 34.9 Å². The van der Waals surface area contributed by atoms with Crippen LogP contribution in [-0.2, 0) is 14.3 Å². The number of nitrogens with zero attached hydrogens (tertiary/aromatic N) is 1. The molecule has 0 spiro atoms. The SMILES string of the molecule is CN(C)C(=O)CC(=O)OC(C)(C)C.